The van der Waals surface area contributed by atoms with Gasteiger partial charge in [0.15, 0.2) is 0 Å². The lowest BCUT2D eigenvalue weighted by Crippen LogP contribution is -2.32. The first-order valence-corrected chi connectivity index (χ1v) is 6.75. The zero-order chi connectivity index (χ0) is 11.5. The van der Waals surface area contributed by atoms with Crippen molar-refractivity contribution in [2.75, 3.05) is 0 Å². The first-order valence-electron chi connectivity index (χ1n) is 6.75. The van der Waals surface area contributed by atoms with Crippen molar-refractivity contribution in [2.45, 2.75) is 46.0 Å². The second kappa shape index (κ2) is 3.21. The van der Waals surface area contributed by atoms with Gasteiger partial charge in [-0.3, -0.25) is 4.79 Å². The van der Waals surface area contributed by atoms with Crippen molar-refractivity contribution in [3.05, 3.63) is 12.2 Å². The van der Waals surface area contributed by atoms with Gasteiger partial charge in [-0.05, 0) is 49.9 Å². The molecule has 0 saturated heterocycles. The van der Waals surface area contributed by atoms with E-state index >= 15 is 0 Å². The summed E-state index contributed by atoms with van der Waals surface area (Å²) in [4.78, 5) is 12.7. The Bertz CT molecular complexity index is 356. The molecule has 1 heteroatoms. The van der Waals surface area contributed by atoms with E-state index in [9.17, 15) is 4.79 Å². The molecule has 1 spiro atoms. The summed E-state index contributed by atoms with van der Waals surface area (Å²) < 4.78 is 0. The van der Waals surface area contributed by atoms with E-state index < -0.39 is 0 Å². The number of carbonyl (C=O) groups excluding carboxylic acids is 1. The number of ketones is 1. The highest BCUT2D eigenvalue weighted by atomic mass is 16.1. The number of Topliss-reactive ketones (excluding diaryl/α,β-unsaturated/α-hetero) is 1. The van der Waals surface area contributed by atoms with Crippen LogP contribution in [-0.4, -0.2) is 5.78 Å². The van der Waals surface area contributed by atoms with Crippen LogP contribution in [0.4, 0.5) is 0 Å². The van der Waals surface area contributed by atoms with Gasteiger partial charge in [0, 0.05) is 11.3 Å². The fourth-order valence-corrected chi connectivity index (χ4v) is 4.82. The molecule has 3 saturated carbocycles. The molecule has 0 N–H and O–H groups in total. The highest BCUT2D eigenvalue weighted by molar-refractivity contribution is 5.91. The van der Waals surface area contributed by atoms with Crippen molar-refractivity contribution in [2.24, 2.45) is 29.1 Å². The molecule has 3 rings (SSSR count). The first kappa shape index (κ1) is 10.6. The Morgan fingerprint density at radius 2 is 2.00 bits per heavy atom. The van der Waals surface area contributed by atoms with Gasteiger partial charge in [-0.25, -0.2) is 0 Å². The van der Waals surface area contributed by atoms with Crippen molar-refractivity contribution >= 4 is 5.78 Å². The highest BCUT2D eigenvalue weighted by Crippen LogP contribution is 2.62. The van der Waals surface area contributed by atoms with Crippen LogP contribution in [0.15, 0.2) is 12.2 Å². The van der Waals surface area contributed by atoms with E-state index in [4.69, 9.17) is 0 Å². The molecule has 3 aliphatic rings. The summed E-state index contributed by atoms with van der Waals surface area (Å²) in [5.41, 5.74) is 1.41. The molecule has 0 unspecified atom stereocenters. The summed E-state index contributed by atoms with van der Waals surface area (Å²) in [5.74, 6) is 2.85. The van der Waals surface area contributed by atoms with Gasteiger partial charge in [-0.15, -0.1) is 0 Å². The smallest absolute Gasteiger partial charge is 0.142 e. The average molecular weight is 218 g/mol. The third-order valence-corrected chi connectivity index (χ3v) is 5.66. The van der Waals surface area contributed by atoms with E-state index in [1.807, 2.05) is 0 Å². The molecule has 0 heterocycles. The predicted octanol–water partition coefficient (Wildman–Crippen LogP) is 3.59. The van der Waals surface area contributed by atoms with Gasteiger partial charge in [0.1, 0.15) is 5.78 Å². The third-order valence-electron chi connectivity index (χ3n) is 5.66. The van der Waals surface area contributed by atoms with E-state index in [0.717, 1.165) is 25.2 Å². The molecule has 1 nitrogen and oxygen atoms in total. The molecular formula is C15H22O. The molecule has 5 atom stereocenters. The maximum Gasteiger partial charge on any atom is 0.142 e. The van der Waals surface area contributed by atoms with Crippen LogP contribution in [-0.2, 0) is 4.79 Å². The van der Waals surface area contributed by atoms with Crippen LogP contribution >= 0.6 is 0 Å². The minimum absolute atomic E-state index is 0.0724. The van der Waals surface area contributed by atoms with Crippen LogP contribution in [0.2, 0.25) is 0 Å². The number of carbonyl (C=O) groups is 1. The largest absolute Gasteiger partial charge is 0.299 e. The first-order chi connectivity index (χ1) is 7.54. The lowest BCUT2D eigenvalue weighted by atomic mass is 9.71. The molecule has 0 aromatic heterocycles. The monoisotopic (exact) mass is 218 g/mol. The molecule has 0 amide bonds. The fourth-order valence-electron chi connectivity index (χ4n) is 4.82. The summed E-state index contributed by atoms with van der Waals surface area (Å²) in [6.07, 6.45) is 5.68. The van der Waals surface area contributed by atoms with Gasteiger partial charge in [-0.2, -0.15) is 0 Å². The van der Waals surface area contributed by atoms with Crippen molar-refractivity contribution in [3.63, 3.8) is 0 Å². The topological polar surface area (TPSA) is 17.1 Å². The number of allylic oxidation sites excluding steroid dienone is 1. The van der Waals surface area contributed by atoms with Crippen LogP contribution < -0.4 is 0 Å². The van der Waals surface area contributed by atoms with E-state index in [0.29, 0.717) is 23.5 Å². The molecule has 3 fully saturated rings. The van der Waals surface area contributed by atoms with Crippen LogP contribution in [0.3, 0.4) is 0 Å². The molecular weight excluding hydrogens is 196 g/mol. The van der Waals surface area contributed by atoms with E-state index in [-0.39, 0.29) is 5.41 Å². The SMILES string of the molecule is C=C1C[C@@H]2C(=O)[C@@]3(CC[C@@H](C)[C@@H]3C1)C[C@H]2C. The van der Waals surface area contributed by atoms with Crippen molar-refractivity contribution in [1.82, 2.24) is 0 Å². The van der Waals surface area contributed by atoms with Gasteiger partial charge in [0.2, 0.25) is 0 Å². The lowest BCUT2D eigenvalue weighted by Gasteiger charge is -2.31. The third kappa shape index (κ3) is 1.15. The standard InChI is InChI=1S/C15H22O/c1-9-6-12-11(3)8-15(14(12)16)5-4-10(2)13(15)7-9/h10-13H,1,4-8H2,2-3H3/t10-,11-,12+,13+,15+/m1/s1. The number of fused-ring (bicyclic) bond motifs is 1. The Morgan fingerprint density at radius 3 is 2.75 bits per heavy atom. The van der Waals surface area contributed by atoms with E-state index in [1.165, 1.54) is 18.4 Å². The molecule has 3 aliphatic carbocycles. The van der Waals surface area contributed by atoms with Gasteiger partial charge >= 0.3 is 0 Å². The van der Waals surface area contributed by atoms with E-state index in [2.05, 4.69) is 20.4 Å². The Kier molecular flexibility index (Phi) is 2.12. The minimum atomic E-state index is 0.0724. The van der Waals surface area contributed by atoms with Crippen molar-refractivity contribution < 1.29 is 4.79 Å². The predicted molar refractivity (Wildman–Crippen MR) is 65.0 cm³/mol. The molecule has 0 aromatic rings. The van der Waals surface area contributed by atoms with Gasteiger partial charge < -0.3 is 0 Å². The lowest BCUT2D eigenvalue weighted by molar-refractivity contribution is -0.130. The van der Waals surface area contributed by atoms with Crippen LogP contribution in [0.1, 0.15) is 46.0 Å². The maximum absolute atomic E-state index is 12.7. The molecule has 0 aliphatic heterocycles. The highest BCUT2D eigenvalue weighted by Gasteiger charge is 2.60. The van der Waals surface area contributed by atoms with Crippen molar-refractivity contribution in [1.29, 1.82) is 0 Å². The minimum Gasteiger partial charge on any atom is -0.299 e. The number of rotatable bonds is 0. The maximum atomic E-state index is 12.7. The second-order valence-corrected chi connectivity index (χ2v) is 6.59. The molecule has 16 heavy (non-hydrogen) atoms. The van der Waals surface area contributed by atoms with Gasteiger partial charge in [0.25, 0.3) is 0 Å². The normalized spacial score (nSPS) is 51.6. The number of hydrogen-bond acceptors (Lipinski definition) is 1. The summed E-state index contributed by atoms with van der Waals surface area (Å²) in [7, 11) is 0. The van der Waals surface area contributed by atoms with E-state index in [1.54, 1.807) is 0 Å². The van der Waals surface area contributed by atoms with Gasteiger partial charge in [-0.1, -0.05) is 26.0 Å². The zero-order valence-electron chi connectivity index (χ0n) is 10.5. The van der Waals surface area contributed by atoms with Crippen LogP contribution in [0, 0.1) is 29.1 Å². The average Bonchev–Trinajstić information content (AvgIpc) is 2.59. The Balaban J connectivity index is 2.07. The summed E-state index contributed by atoms with van der Waals surface area (Å²) in [6, 6.07) is 0. The Hall–Kier alpha value is -0.590. The zero-order valence-corrected chi connectivity index (χ0v) is 10.5. The Labute approximate surface area is 98.3 Å². The van der Waals surface area contributed by atoms with Crippen molar-refractivity contribution in [3.8, 4) is 0 Å². The van der Waals surface area contributed by atoms with Crippen LogP contribution in [0.25, 0.3) is 0 Å². The quantitative estimate of drug-likeness (QED) is 0.568. The van der Waals surface area contributed by atoms with Gasteiger partial charge in [0.05, 0.1) is 0 Å². The molecule has 0 radical (unpaired) electrons. The molecule has 88 valence electrons. The summed E-state index contributed by atoms with van der Waals surface area (Å²) >= 11 is 0. The summed E-state index contributed by atoms with van der Waals surface area (Å²) in [5, 5.41) is 0. The van der Waals surface area contributed by atoms with Crippen LogP contribution in [0.5, 0.6) is 0 Å². The fraction of sp³-hybridized carbons (Fsp3) is 0.800. The second-order valence-electron chi connectivity index (χ2n) is 6.59. The number of hydrogen-bond donors (Lipinski definition) is 0. The molecule has 2 bridgehead atoms. The molecule has 0 aromatic carbocycles. The summed E-state index contributed by atoms with van der Waals surface area (Å²) in [6.45, 7) is 8.81. The Morgan fingerprint density at radius 1 is 1.25 bits per heavy atom.